The Balaban J connectivity index is 2.69. The molecule has 0 bridgehead atoms. The van der Waals surface area contributed by atoms with Crippen molar-refractivity contribution in [3.63, 3.8) is 0 Å². The summed E-state index contributed by atoms with van der Waals surface area (Å²) in [5.74, 6) is 0.171. The first-order chi connectivity index (χ1) is 7.78. The highest BCUT2D eigenvalue weighted by atomic mass is 16.6. The summed E-state index contributed by atoms with van der Waals surface area (Å²) in [4.78, 5) is 15.4. The van der Waals surface area contributed by atoms with E-state index >= 15 is 0 Å². The van der Waals surface area contributed by atoms with E-state index in [0.717, 1.165) is 0 Å². The zero-order valence-corrected chi connectivity index (χ0v) is 10.5. The fourth-order valence-corrected chi connectivity index (χ4v) is 1.17. The van der Waals surface area contributed by atoms with Gasteiger partial charge in [-0.25, -0.2) is 9.78 Å². The number of nitrogens with one attached hydrogen (secondary N) is 1. The van der Waals surface area contributed by atoms with Gasteiger partial charge in [0, 0.05) is 17.8 Å². The van der Waals surface area contributed by atoms with Gasteiger partial charge in [-0.1, -0.05) is 0 Å². The van der Waals surface area contributed by atoms with Crippen molar-refractivity contribution in [2.75, 3.05) is 0 Å². The predicted molar refractivity (Wildman–Crippen MR) is 63.8 cm³/mol. The van der Waals surface area contributed by atoms with Crippen molar-refractivity contribution in [2.24, 2.45) is 0 Å². The van der Waals surface area contributed by atoms with E-state index in [1.165, 1.54) is 12.3 Å². The lowest BCUT2D eigenvalue weighted by atomic mass is 10.1. The Labute approximate surface area is 101 Å². The molecule has 1 aromatic heterocycles. The molecule has 0 fully saturated rings. The summed E-state index contributed by atoms with van der Waals surface area (Å²) in [7, 11) is 0. The second kappa shape index (κ2) is 5.14. The minimum Gasteiger partial charge on any atom is -0.391 e. The van der Waals surface area contributed by atoms with Gasteiger partial charge in [0.05, 0.1) is 6.10 Å². The molecular weight excluding hydrogens is 220 g/mol. The number of aromatic nitrogens is 1. The molecule has 0 unspecified atom stereocenters. The smallest absolute Gasteiger partial charge is 0.391 e. The molecule has 0 aliphatic carbocycles. The molecular formula is C12H18N2O3. The van der Waals surface area contributed by atoms with Crippen LogP contribution in [0.3, 0.4) is 0 Å². The van der Waals surface area contributed by atoms with E-state index in [4.69, 9.17) is 4.74 Å². The number of ether oxygens (including phenoxy) is 1. The lowest BCUT2D eigenvalue weighted by Crippen LogP contribution is -2.42. The van der Waals surface area contributed by atoms with Gasteiger partial charge in [0.2, 0.25) is 5.88 Å². The molecule has 1 atom stereocenters. The van der Waals surface area contributed by atoms with Gasteiger partial charge in [-0.3, -0.25) is 0 Å². The van der Waals surface area contributed by atoms with Gasteiger partial charge in [0.25, 0.3) is 0 Å². The van der Waals surface area contributed by atoms with Gasteiger partial charge >= 0.3 is 6.09 Å². The van der Waals surface area contributed by atoms with Crippen molar-refractivity contribution in [2.45, 2.75) is 39.3 Å². The maximum absolute atomic E-state index is 11.5. The zero-order chi connectivity index (χ0) is 13.1. The normalized spacial score (nSPS) is 13.0. The van der Waals surface area contributed by atoms with Crippen molar-refractivity contribution >= 4 is 6.09 Å². The number of pyridine rings is 1. The van der Waals surface area contributed by atoms with Crippen LogP contribution in [-0.2, 0) is 0 Å². The fourth-order valence-electron chi connectivity index (χ4n) is 1.17. The lowest BCUT2D eigenvalue weighted by Gasteiger charge is -2.19. The monoisotopic (exact) mass is 238 g/mol. The Morgan fingerprint density at radius 1 is 1.53 bits per heavy atom. The van der Waals surface area contributed by atoms with Crippen LogP contribution in [-0.4, -0.2) is 21.7 Å². The SMILES string of the molecule is C[C@@H](O)c1ccnc(OC(=O)NC(C)(C)C)c1. The maximum atomic E-state index is 11.5. The number of aliphatic hydroxyl groups is 1. The summed E-state index contributed by atoms with van der Waals surface area (Å²) < 4.78 is 5.01. The maximum Gasteiger partial charge on any atom is 0.414 e. The number of hydrogen-bond acceptors (Lipinski definition) is 4. The van der Waals surface area contributed by atoms with E-state index in [1.54, 1.807) is 13.0 Å². The van der Waals surface area contributed by atoms with Crippen LogP contribution in [0.1, 0.15) is 39.4 Å². The van der Waals surface area contributed by atoms with Crippen LogP contribution in [0.15, 0.2) is 18.3 Å². The molecule has 2 N–H and O–H groups in total. The van der Waals surface area contributed by atoms with Crippen LogP contribution in [0.5, 0.6) is 5.88 Å². The second-order valence-electron chi connectivity index (χ2n) is 4.87. The number of nitrogens with zero attached hydrogens (tertiary/aromatic N) is 1. The molecule has 0 aliphatic rings. The quantitative estimate of drug-likeness (QED) is 0.826. The summed E-state index contributed by atoms with van der Waals surface area (Å²) in [6.07, 6.45) is 0.306. The van der Waals surface area contributed by atoms with E-state index in [1.807, 2.05) is 20.8 Å². The van der Waals surface area contributed by atoms with Crippen LogP contribution in [0.25, 0.3) is 0 Å². The Kier molecular flexibility index (Phi) is 4.07. The largest absolute Gasteiger partial charge is 0.414 e. The molecule has 1 rings (SSSR count). The van der Waals surface area contributed by atoms with E-state index in [2.05, 4.69) is 10.3 Å². The lowest BCUT2D eigenvalue weighted by molar-refractivity contribution is 0.186. The number of carbonyl (C=O) groups is 1. The van der Waals surface area contributed by atoms with Gasteiger partial charge in [-0.15, -0.1) is 0 Å². The van der Waals surface area contributed by atoms with E-state index in [0.29, 0.717) is 5.56 Å². The minimum absolute atomic E-state index is 0.171. The molecule has 0 aliphatic heterocycles. The Morgan fingerprint density at radius 3 is 2.71 bits per heavy atom. The molecule has 0 radical (unpaired) electrons. The summed E-state index contributed by atoms with van der Waals surface area (Å²) >= 11 is 0. The van der Waals surface area contributed by atoms with Crippen LogP contribution in [0.2, 0.25) is 0 Å². The van der Waals surface area contributed by atoms with Gasteiger partial charge in [0.15, 0.2) is 0 Å². The van der Waals surface area contributed by atoms with E-state index < -0.39 is 12.2 Å². The third-order valence-electron chi connectivity index (χ3n) is 1.92. The van der Waals surface area contributed by atoms with Crippen LogP contribution in [0, 0.1) is 0 Å². The van der Waals surface area contributed by atoms with Crippen molar-refractivity contribution in [1.29, 1.82) is 0 Å². The van der Waals surface area contributed by atoms with Gasteiger partial charge in [-0.05, 0) is 39.3 Å². The number of carbonyl (C=O) groups excluding carboxylic acids is 1. The first-order valence-electron chi connectivity index (χ1n) is 5.42. The van der Waals surface area contributed by atoms with Crippen LogP contribution >= 0.6 is 0 Å². The summed E-state index contributed by atoms with van der Waals surface area (Å²) in [6, 6.07) is 3.20. The molecule has 1 amide bonds. The average molecular weight is 238 g/mol. The fraction of sp³-hybridized carbons (Fsp3) is 0.500. The Bertz CT molecular complexity index is 397. The summed E-state index contributed by atoms with van der Waals surface area (Å²) in [5, 5.41) is 12.0. The molecule has 0 aromatic carbocycles. The number of aliphatic hydroxyl groups excluding tert-OH is 1. The molecule has 94 valence electrons. The van der Waals surface area contributed by atoms with Crippen molar-refractivity contribution in [3.8, 4) is 5.88 Å². The molecule has 0 saturated heterocycles. The third-order valence-corrected chi connectivity index (χ3v) is 1.92. The Morgan fingerprint density at radius 2 is 2.18 bits per heavy atom. The number of hydrogen-bond donors (Lipinski definition) is 2. The highest BCUT2D eigenvalue weighted by molar-refractivity contribution is 5.70. The van der Waals surface area contributed by atoms with Crippen molar-refractivity contribution in [1.82, 2.24) is 10.3 Å². The van der Waals surface area contributed by atoms with Crippen LogP contribution < -0.4 is 10.1 Å². The molecule has 5 heteroatoms. The van der Waals surface area contributed by atoms with Crippen LogP contribution in [0.4, 0.5) is 4.79 Å². The van der Waals surface area contributed by atoms with Crippen molar-refractivity contribution in [3.05, 3.63) is 23.9 Å². The summed E-state index contributed by atoms with van der Waals surface area (Å²) in [5.41, 5.74) is 0.289. The molecule has 5 nitrogen and oxygen atoms in total. The van der Waals surface area contributed by atoms with Gasteiger partial charge in [-0.2, -0.15) is 0 Å². The molecule has 0 spiro atoms. The highest BCUT2D eigenvalue weighted by Gasteiger charge is 2.16. The predicted octanol–water partition coefficient (Wildman–Crippen LogP) is 2.02. The number of rotatable bonds is 2. The van der Waals surface area contributed by atoms with Crippen molar-refractivity contribution < 1.29 is 14.6 Å². The Hall–Kier alpha value is -1.62. The topological polar surface area (TPSA) is 71.5 Å². The second-order valence-corrected chi connectivity index (χ2v) is 4.87. The third kappa shape index (κ3) is 4.82. The molecule has 0 saturated carbocycles. The zero-order valence-electron chi connectivity index (χ0n) is 10.5. The van der Waals surface area contributed by atoms with Gasteiger partial charge in [0.1, 0.15) is 0 Å². The number of amides is 1. The molecule has 17 heavy (non-hydrogen) atoms. The average Bonchev–Trinajstić information content (AvgIpc) is 2.14. The molecule has 1 aromatic rings. The molecule has 1 heterocycles. The van der Waals surface area contributed by atoms with E-state index in [-0.39, 0.29) is 11.4 Å². The van der Waals surface area contributed by atoms with E-state index in [9.17, 15) is 9.90 Å². The first-order valence-corrected chi connectivity index (χ1v) is 5.42. The van der Waals surface area contributed by atoms with Gasteiger partial charge < -0.3 is 15.2 Å². The highest BCUT2D eigenvalue weighted by Crippen LogP contribution is 2.16. The summed E-state index contributed by atoms with van der Waals surface area (Å²) in [6.45, 7) is 7.20. The first kappa shape index (κ1) is 13.4. The minimum atomic E-state index is -0.619. The standard InChI is InChI=1S/C12H18N2O3/c1-8(15)9-5-6-13-10(7-9)17-11(16)14-12(2,3)4/h5-8,15H,1-4H3,(H,14,16)/t8-/m1/s1.